The lowest BCUT2D eigenvalue weighted by Gasteiger charge is -2.14. The zero-order valence-electron chi connectivity index (χ0n) is 10.5. The van der Waals surface area contributed by atoms with E-state index in [4.69, 9.17) is 5.73 Å². The molecule has 2 unspecified atom stereocenters. The number of nitrogens with two attached hydrogens (primary N) is 1. The Balaban J connectivity index is 2.28. The van der Waals surface area contributed by atoms with Crippen LogP contribution in [-0.4, -0.2) is 20.9 Å². The fourth-order valence-electron chi connectivity index (χ4n) is 2.44. The Hall–Kier alpha value is -1.92. The predicted molar refractivity (Wildman–Crippen MR) is 68.3 cm³/mol. The van der Waals surface area contributed by atoms with Crippen molar-refractivity contribution in [2.24, 2.45) is 5.92 Å². The molecule has 1 aliphatic rings. The highest BCUT2D eigenvalue weighted by Gasteiger charge is 2.27. The van der Waals surface area contributed by atoms with Crippen LogP contribution in [-0.2, 0) is 0 Å². The second-order valence-corrected chi connectivity index (χ2v) is 4.88. The topological polar surface area (TPSA) is 107 Å². The predicted octanol–water partition coefficient (Wildman–Crippen LogP) is 1.88. The molecule has 98 valence electrons. The lowest BCUT2D eigenvalue weighted by atomic mass is 10.1. The first-order valence-electron chi connectivity index (χ1n) is 6.02. The van der Waals surface area contributed by atoms with E-state index in [1.807, 2.05) is 0 Å². The minimum atomic E-state index is -0.463. The monoisotopic (exact) mass is 251 g/mol. The number of hydrogen-bond donors (Lipinski definition) is 2. The number of nitrogen functional groups attached to an aromatic ring is 1. The molecule has 1 saturated carbocycles. The molecule has 0 aliphatic heterocycles. The molecule has 1 aromatic heterocycles. The Labute approximate surface area is 105 Å². The van der Waals surface area contributed by atoms with E-state index in [1.54, 1.807) is 6.92 Å². The normalized spacial score (nSPS) is 23.0. The van der Waals surface area contributed by atoms with Crippen molar-refractivity contribution in [3.8, 4) is 0 Å². The molecule has 7 nitrogen and oxygen atoms in total. The quantitative estimate of drug-likeness (QED) is 0.627. The van der Waals surface area contributed by atoms with Crippen molar-refractivity contribution in [2.75, 3.05) is 11.1 Å². The number of aryl methyl sites for hydroxylation is 1. The second-order valence-electron chi connectivity index (χ2n) is 4.88. The third kappa shape index (κ3) is 2.49. The van der Waals surface area contributed by atoms with Crippen LogP contribution in [0.5, 0.6) is 0 Å². The lowest BCUT2D eigenvalue weighted by Crippen LogP contribution is -2.18. The van der Waals surface area contributed by atoms with E-state index in [9.17, 15) is 10.1 Å². The first-order valence-corrected chi connectivity index (χ1v) is 6.02. The van der Waals surface area contributed by atoms with Crippen molar-refractivity contribution in [3.63, 3.8) is 0 Å². The Morgan fingerprint density at radius 1 is 1.44 bits per heavy atom. The maximum absolute atomic E-state index is 11.0. The van der Waals surface area contributed by atoms with Gasteiger partial charge in [-0.3, -0.25) is 10.1 Å². The van der Waals surface area contributed by atoms with Gasteiger partial charge in [0.1, 0.15) is 5.69 Å². The highest BCUT2D eigenvalue weighted by molar-refractivity contribution is 5.60. The molecule has 1 aliphatic carbocycles. The van der Waals surface area contributed by atoms with Gasteiger partial charge in [0.15, 0.2) is 0 Å². The van der Waals surface area contributed by atoms with E-state index < -0.39 is 4.92 Å². The highest BCUT2D eigenvalue weighted by atomic mass is 16.6. The van der Waals surface area contributed by atoms with Gasteiger partial charge in [0, 0.05) is 6.04 Å². The van der Waals surface area contributed by atoms with Crippen LogP contribution in [0.4, 0.5) is 17.5 Å². The Morgan fingerprint density at radius 2 is 2.17 bits per heavy atom. The summed E-state index contributed by atoms with van der Waals surface area (Å²) in [7, 11) is 0. The van der Waals surface area contributed by atoms with Crippen molar-refractivity contribution < 1.29 is 4.92 Å². The third-order valence-corrected chi connectivity index (χ3v) is 3.29. The molecule has 2 rings (SSSR count). The van der Waals surface area contributed by atoms with Gasteiger partial charge < -0.3 is 11.1 Å². The van der Waals surface area contributed by atoms with Gasteiger partial charge in [-0.2, -0.15) is 4.98 Å². The van der Waals surface area contributed by atoms with Gasteiger partial charge >= 0.3 is 5.69 Å². The summed E-state index contributed by atoms with van der Waals surface area (Å²) >= 11 is 0. The fraction of sp³-hybridized carbons (Fsp3) is 0.636. The summed E-state index contributed by atoms with van der Waals surface area (Å²) in [5.74, 6) is 0.942. The van der Waals surface area contributed by atoms with Gasteiger partial charge in [0.05, 0.1) is 4.92 Å². The first-order chi connectivity index (χ1) is 8.47. The molecule has 0 bridgehead atoms. The van der Waals surface area contributed by atoms with Crippen LogP contribution in [0.2, 0.25) is 0 Å². The molecule has 0 aromatic carbocycles. The molecule has 1 heterocycles. The average molecular weight is 251 g/mol. The number of aromatic nitrogens is 2. The van der Waals surface area contributed by atoms with Crippen LogP contribution < -0.4 is 11.1 Å². The molecule has 0 saturated heterocycles. The summed E-state index contributed by atoms with van der Waals surface area (Å²) < 4.78 is 0. The maximum Gasteiger partial charge on any atom is 0.332 e. The van der Waals surface area contributed by atoms with Crippen LogP contribution in [0, 0.1) is 23.0 Å². The minimum Gasteiger partial charge on any atom is -0.368 e. The molecule has 0 amide bonds. The van der Waals surface area contributed by atoms with Crippen molar-refractivity contribution in [1.29, 1.82) is 0 Å². The highest BCUT2D eigenvalue weighted by Crippen LogP contribution is 2.31. The van der Waals surface area contributed by atoms with E-state index in [1.165, 1.54) is 0 Å². The molecule has 7 heteroatoms. The first kappa shape index (κ1) is 12.5. The summed E-state index contributed by atoms with van der Waals surface area (Å²) in [6.45, 7) is 3.74. The number of nitrogens with zero attached hydrogens (tertiary/aromatic N) is 3. The van der Waals surface area contributed by atoms with Crippen molar-refractivity contribution >= 4 is 17.5 Å². The number of nitrogens with one attached hydrogen (secondary N) is 1. The number of rotatable bonds is 3. The van der Waals surface area contributed by atoms with E-state index in [2.05, 4.69) is 22.2 Å². The number of nitro groups is 1. The number of hydrogen-bond acceptors (Lipinski definition) is 6. The maximum atomic E-state index is 11.0. The Bertz CT molecular complexity index is 477. The summed E-state index contributed by atoms with van der Waals surface area (Å²) in [4.78, 5) is 18.4. The van der Waals surface area contributed by atoms with Gasteiger partial charge in [-0.1, -0.05) is 6.92 Å². The van der Waals surface area contributed by atoms with Crippen LogP contribution in [0.3, 0.4) is 0 Å². The standard InChI is InChI=1S/C11H17N5O2/c1-6-3-4-8(5-6)14-10-9(16(17)18)7(2)13-11(12)15-10/h6,8H,3-5H2,1-2H3,(H3,12,13,14,15). The molecule has 0 radical (unpaired) electrons. The van der Waals surface area contributed by atoms with Crippen molar-refractivity contribution in [1.82, 2.24) is 9.97 Å². The molecular weight excluding hydrogens is 234 g/mol. The summed E-state index contributed by atoms with van der Waals surface area (Å²) in [6.07, 6.45) is 3.13. The molecular formula is C11H17N5O2. The SMILES string of the molecule is Cc1nc(N)nc(NC2CCC(C)C2)c1[N+](=O)[O-]. The Morgan fingerprint density at radius 3 is 2.72 bits per heavy atom. The van der Waals surface area contributed by atoms with Gasteiger partial charge in [-0.05, 0) is 32.1 Å². The fourth-order valence-corrected chi connectivity index (χ4v) is 2.44. The van der Waals surface area contributed by atoms with E-state index in [-0.39, 0.29) is 23.5 Å². The summed E-state index contributed by atoms with van der Waals surface area (Å²) in [5, 5.41) is 14.2. The zero-order chi connectivity index (χ0) is 13.3. The van der Waals surface area contributed by atoms with Crippen LogP contribution in [0.15, 0.2) is 0 Å². The molecule has 0 spiro atoms. The second kappa shape index (κ2) is 4.75. The smallest absolute Gasteiger partial charge is 0.332 e. The van der Waals surface area contributed by atoms with E-state index in [0.29, 0.717) is 11.6 Å². The lowest BCUT2D eigenvalue weighted by molar-refractivity contribution is -0.385. The third-order valence-electron chi connectivity index (χ3n) is 3.29. The van der Waals surface area contributed by atoms with Gasteiger partial charge in [0.2, 0.25) is 11.8 Å². The summed E-state index contributed by atoms with van der Waals surface area (Å²) in [6, 6.07) is 0.229. The van der Waals surface area contributed by atoms with E-state index >= 15 is 0 Å². The van der Waals surface area contributed by atoms with Crippen LogP contribution in [0.25, 0.3) is 0 Å². The van der Waals surface area contributed by atoms with Crippen LogP contribution >= 0.6 is 0 Å². The van der Waals surface area contributed by atoms with E-state index in [0.717, 1.165) is 19.3 Å². The van der Waals surface area contributed by atoms with Gasteiger partial charge in [-0.25, -0.2) is 4.98 Å². The van der Waals surface area contributed by atoms with Crippen molar-refractivity contribution in [3.05, 3.63) is 15.8 Å². The Kier molecular flexibility index (Phi) is 3.31. The molecule has 3 N–H and O–H groups in total. The average Bonchev–Trinajstić information content (AvgIpc) is 2.62. The largest absolute Gasteiger partial charge is 0.368 e. The minimum absolute atomic E-state index is 0.0617. The zero-order valence-corrected chi connectivity index (χ0v) is 10.5. The van der Waals surface area contributed by atoms with Gasteiger partial charge in [0.25, 0.3) is 0 Å². The summed E-state index contributed by atoms with van der Waals surface area (Å²) in [5.41, 5.74) is 5.76. The van der Waals surface area contributed by atoms with Gasteiger partial charge in [-0.15, -0.1) is 0 Å². The van der Waals surface area contributed by atoms with Crippen molar-refractivity contribution in [2.45, 2.75) is 39.2 Å². The molecule has 18 heavy (non-hydrogen) atoms. The molecule has 1 aromatic rings. The van der Waals surface area contributed by atoms with Crippen LogP contribution in [0.1, 0.15) is 31.9 Å². The number of anilines is 2. The molecule has 1 fully saturated rings. The molecule has 2 atom stereocenters.